The quantitative estimate of drug-likeness (QED) is 0.258. The van der Waals surface area contributed by atoms with Crippen molar-refractivity contribution in [3.05, 3.63) is 76.3 Å². The van der Waals surface area contributed by atoms with E-state index in [9.17, 15) is 0 Å². The Morgan fingerprint density at radius 2 is 1.80 bits per heavy atom. The molecule has 0 fully saturated rings. The van der Waals surface area contributed by atoms with Gasteiger partial charge in [0.15, 0.2) is 0 Å². The molecule has 1 atom stereocenters. The van der Waals surface area contributed by atoms with Crippen LogP contribution < -0.4 is 9.47 Å². The fraction of sp³-hybridized carbons (Fsp3) is 0.419. The number of hydrogen-bond donors (Lipinski definition) is 0. The average molecular weight is 505 g/mol. The van der Waals surface area contributed by atoms with Crippen molar-refractivity contribution in [2.75, 3.05) is 24.4 Å². The second-order valence-electron chi connectivity index (χ2n) is 9.40. The van der Waals surface area contributed by atoms with E-state index in [0.29, 0.717) is 0 Å². The van der Waals surface area contributed by atoms with Crippen molar-refractivity contribution in [3.8, 4) is 22.6 Å². The van der Waals surface area contributed by atoms with E-state index in [2.05, 4.69) is 68.6 Å². The molecule has 184 valence electrons. The van der Waals surface area contributed by atoms with Gasteiger partial charge >= 0.3 is 0 Å². The van der Waals surface area contributed by atoms with E-state index in [1.807, 2.05) is 23.5 Å². The highest BCUT2D eigenvalue weighted by Gasteiger charge is 2.28. The first-order chi connectivity index (χ1) is 17.2. The molecule has 3 aromatic rings. The van der Waals surface area contributed by atoms with Gasteiger partial charge in [-0.2, -0.15) is 11.8 Å². The van der Waals surface area contributed by atoms with Gasteiger partial charge in [-0.15, -0.1) is 11.8 Å². The number of aryl methyl sites for hydroxylation is 3. The second kappa shape index (κ2) is 11.3. The molecule has 0 spiro atoms. The van der Waals surface area contributed by atoms with Crippen LogP contribution in [0.2, 0.25) is 0 Å². The Labute approximate surface area is 219 Å². The van der Waals surface area contributed by atoms with Crippen molar-refractivity contribution in [2.45, 2.75) is 63.4 Å². The lowest BCUT2D eigenvalue weighted by molar-refractivity contribution is 0.207. The van der Waals surface area contributed by atoms with Crippen LogP contribution in [0.3, 0.4) is 0 Å². The lowest BCUT2D eigenvalue weighted by Crippen LogP contribution is -2.05. The van der Waals surface area contributed by atoms with E-state index in [-0.39, 0.29) is 6.10 Å². The Bertz CT molecular complexity index is 1160. The summed E-state index contributed by atoms with van der Waals surface area (Å²) in [5.41, 5.74) is 9.87. The predicted molar refractivity (Wildman–Crippen MR) is 152 cm³/mol. The van der Waals surface area contributed by atoms with Gasteiger partial charge in [-0.05, 0) is 114 Å². The Morgan fingerprint density at radius 3 is 2.57 bits per heavy atom. The fourth-order valence-electron chi connectivity index (χ4n) is 5.47. The first-order valence-corrected chi connectivity index (χ1v) is 15.4. The third kappa shape index (κ3) is 5.24. The van der Waals surface area contributed by atoms with Crippen molar-refractivity contribution in [1.29, 1.82) is 0 Å². The molecule has 0 N–H and O–H groups in total. The Morgan fingerprint density at radius 1 is 0.971 bits per heavy atom. The molecule has 1 heterocycles. The van der Waals surface area contributed by atoms with Crippen molar-refractivity contribution >= 4 is 23.5 Å². The molecule has 2 nitrogen and oxygen atoms in total. The normalized spacial score (nSPS) is 16.3. The molecule has 0 bridgehead atoms. The highest BCUT2D eigenvalue weighted by Crippen LogP contribution is 2.44. The highest BCUT2D eigenvalue weighted by atomic mass is 32.2. The van der Waals surface area contributed by atoms with Crippen molar-refractivity contribution in [2.24, 2.45) is 0 Å². The minimum Gasteiger partial charge on any atom is -0.494 e. The van der Waals surface area contributed by atoms with Gasteiger partial charge in [0, 0.05) is 10.6 Å². The molecule has 2 aliphatic rings. The summed E-state index contributed by atoms with van der Waals surface area (Å²) in [7, 11) is 0. The SMILES string of the molecule is CCc1cc(OCCCSC)cc(CC)c1-c1cccc2c1CCC2Oc1ccc2c(c1)SCC2. The summed E-state index contributed by atoms with van der Waals surface area (Å²) in [5, 5.41) is 0. The Hall–Kier alpha value is -2.04. The van der Waals surface area contributed by atoms with Crippen LogP contribution in [0.4, 0.5) is 0 Å². The van der Waals surface area contributed by atoms with Crippen LogP contribution in [-0.4, -0.2) is 24.4 Å². The van der Waals surface area contributed by atoms with E-state index in [1.54, 1.807) is 0 Å². The van der Waals surface area contributed by atoms with Gasteiger partial charge in [0.1, 0.15) is 17.6 Å². The third-order valence-electron chi connectivity index (χ3n) is 7.23. The standard InChI is InChI=1S/C31H36O2S2/c1-4-21-18-25(32-15-7-16-34-3)19-22(5-2)31(21)28-9-6-8-27-26(28)12-13-29(27)33-24-11-10-23-14-17-35-30(23)20-24/h6,8-11,18-20,29H,4-5,7,12-17H2,1-3H3. The number of hydrogen-bond acceptors (Lipinski definition) is 4. The maximum atomic E-state index is 6.58. The van der Waals surface area contributed by atoms with Crippen LogP contribution in [0.5, 0.6) is 11.5 Å². The summed E-state index contributed by atoms with van der Waals surface area (Å²) in [6.07, 6.45) is 8.65. The van der Waals surface area contributed by atoms with Crippen molar-refractivity contribution in [1.82, 2.24) is 0 Å². The third-order valence-corrected chi connectivity index (χ3v) is 9.03. The summed E-state index contributed by atoms with van der Waals surface area (Å²) in [4.78, 5) is 1.39. The molecule has 0 saturated heterocycles. The highest BCUT2D eigenvalue weighted by molar-refractivity contribution is 7.99. The molecule has 35 heavy (non-hydrogen) atoms. The number of fused-ring (bicyclic) bond motifs is 2. The topological polar surface area (TPSA) is 18.5 Å². The number of benzene rings is 3. The van der Waals surface area contributed by atoms with Gasteiger partial charge in [0.05, 0.1) is 6.61 Å². The zero-order valence-corrected chi connectivity index (χ0v) is 22.8. The molecule has 4 heteroatoms. The van der Waals surface area contributed by atoms with Crippen molar-refractivity contribution < 1.29 is 9.47 Å². The van der Waals surface area contributed by atoms with Crippen LogP contribution in [0, 0.1) is 0 Å². The van der Waals surface area contributed by atoms with Gasteiger partial charge in [-0.25, -0.2) is 0 Å². The zero-order valence-electron chi connectivity index (χ0n) is 21.2. The Balaban J connectivity index is 1.44. The smallest absolute Gasteiger partial charge is 0.124 e. The van der Waals surface area contributed by atoms with Crippen LogP contribution >= 0.6 is 23.5 Å². The molecule has 0 amide bonds. The maximum absolute atomic E-state index is 6.58. The second-order valence-corrected chi connectivity index (χ2v) is 11.5. The summed E-state index contributed by atoms with van der Waals surface area (Å²) < 4.78 is 12.7. The van der Waals surface area contributed by atoms with Crippen LogP contribution in [-0.2, 0) is 25.7 Å². The molecule has 1 aliphatic carbocycles. The average Bonchev–Trinajstić information content (AvgIpc) is 3.53. The van der Waals surface area contributed by atoms with Gasteiger partial charge in [-0.1, -0.05) is 38.1 Å². The lowest BCUT2D eigenvalue weighted by atomic mass is 9.87. The van der Waals surface area contributed by atoms with Crippen molar-refractivity contribution in [3.63, 3.8) is 0 Å². The van der Waals surface area contributed by atoms with Crippen LogP contribution in [0.25, 0.3) is 11.1 Å². The van der Waals surface area contributed by atoms with E-state index in [4.69, 9.17) is 9.47 Å². The Kier molecular flexibility index (Phi) is 7.99. The lowest BCUT2D eigenvalue weighted by Gasteiger charge is -2.20. The van der Waals surface area contributed by atoms with Crippen LogP contribution in [0.15, 0.2) is 53.4 Å². The monoisotopic (exact) mass is 504 g/mol. The van der Waals surface area contributed by atoms with E-state index >= 15 is 0 Å². The number of ether oxygens (including phenoxy) is 2. The van der Waals surface area contributed by atoms with E-state index in [1.165, 1.54) is 56.0 Å². The summed E-state index contributed by atoms with van der Waals surface area (Å²) in [6, 6.07) is 18.0. The number of thioether (sulfide) groups is 2. The molecule has 5 rings (SSSR count). The molecule has 0 radical (unpaired) electrons. The molecule has 3 aromatic carbocycles. The predicted octanol–water partition coefficient (Wildman–Crippen LogP) is 8.32. The first kappa shape index (κ1) is 24.6. The molecule has 0 aromatic heterocycles. The maximum Gasteiger partial charge on any atom is 0.124 e. The zero-order chi connectivity index (χ0) is 24.2. The first-order valence-electron chi connectivity index (χ1n) is 13.0. The largest absolute Gasteiger partial charge is 0.494 e. The van der Waals surface area contributed by atoms with Gasteiger partial charge in [-0.3, -0.25) is 0 Å². The summed E-state index contributed by atoms with van der Waals surface area (Å²) >= 11 is 3.83. The van der Waals surface area contributed by atoms with Gasteiger partial charge in [0.25, 0.3) is 0 Å². The van der Waals surface area contributed by atoms with E-state index < -0.39 is 0 Å². The van der Waals surface area contributed by atoms with Gasteiger partial charge < -0.3 is 9.47 Å². The molecule has 1 aliphatic heterocycles. The summed E-state index contributed by atoms with van der Waals surface area (Å²) in [6.45, 7) is 5.31. The molecule has 1 unspecified atom stereocenters. The minimum absolute atomic E-state index is 0.128. The van der Waals surface area contributed by atoms with E-state index in [0.717, 1.165) is 56.0 Å². The number of rotatable bonds is 10. The van der Waals surface area contributed by atoms with Gasteiger partial charge in [0.2, 0.25) is 0 Å². The molecular formula is C31H36O2S2. The molecular weight excluding hydrogens is 468 g/mol. The van der Waals surface area contributed by atoms with Crippen LogP contribution in [0.1, 0.15) is 60.6 Å². The summed E-state index contributed by atoms with van der Waals surface area (Å²) in [5.74, 6) is 4.36. The minimum atomic E-state index is 0.128. The fourth-order valence-corrected chi connectivity index (χ4v) is 6.98. The molecule has 0 saturated carbocycles.